The Morgan fingerprint density at radius 1 is 1.24 bits per heavy atom. The number of nitrogens with one attached hydrogen (secondary N) is 1. The second kappa shape index (κ2) is 10.9. The Balaban J connectivity index is 2.02. The number of hydrogen-bond acceptors (Lipinski definition) is 6. The Bertz CT molecular complexity index is 693. The molecule has 0 saturated carbocycles. The van der Waals surface area contributed by atoms with Gasteiger partial charge in [0.05, 0.1) is 10.7 Å². The number of benzene rings is 1. The summed E-state index contributed by atoms with van der Waals surface area (Å²) in [6.45, 7) is 1.53. The van der Waals surface area contributed by atoms with Gasteiger partial charge in [0, 0.05) is 36.7 Å². The van der Waals surface area contributed by atoms with Gasteiger partial charge in [-0.2, -0.15) is 5.10 Å². The molecule has 0 radical (unpaired) electrons. The summed E-state index contributed by atoms with van der Waals surface area (Å²) in [5.74, 6) is 1.76. The normalized spacial score (nSPS) is 11.0. The highest BCUT2D eigenvalue weighted by molar-refractivity contribution is 9.10. The molecule has 0 fully saturated rings. The van der Waals surface area contributed by atoms with E-state index in [1.807, 2.05) is 30.5 Å². The van der Waals surface area contributed by atoms with Gasteiger partial charge in [-0.15, -0.1) is 23.2 Å². The minimum atomic E-state index is 0.565. The first kappa shape index (κ1) is 20.3. The van der Waals surface area contributed by atoms with Crippen LogP contribution < -0.4 is 10.3 Å². The molecule has 2 rings (SSSR count). The summed E-state index contributed by atoms with van der Waals surface area (Å²) in [6.07, 6.45) is 5.37. The van der Waals surface area contributed by atoms with Crippen LogP contribution in [-0.4, -0.2) is 47.3 Å². The lowest BCUT2D eigenvalue weighted by Gasteiger charge is -2.22. The highest BCUT2D eigenvalue weighted by Crippen LogP contribution is 2.21. The van der Waals surface area contributed by atoms with Crippen LogP contribution in [0.5, 0.6) is 0 Å². The Labute approximate surface area is 170 Å². The van der Waals surface area contributed by atoms with Gasteiger partial charge < -0.3 is 4.90 Å². The zero-order valence-corrected chi connectivity index (χ0v) is 17.5. The van der Waals surface area contributed by atoms with Gasteiger partial charge in [-0.05, 0) is 39.9 Å². The van der Waals surface area contributed by atoms with E-state index in [4.69, 9.17) is 23.2 Å². The molecular formula is C16H18BrCl2N5S. The quantitative estimate of drug-likeness (QED) is 0.192. The van der Waals surface area contributed by atoms with Crippen LogP contribution in [0.2, 0.25) is 0 Å². The molecule has 2 aromatic rings. The number of hydrazone groups is 1. The Kier molecular flexibility index (Phi) is 8.81. The summed E-state index contributed by atoms with van der Waals surface area (Å²) in [6, 6.07) is 8.07. The maximum Gasteiger partial charge on any atom is 0.189 e. The molecule has 0 amide bonds. The lowest BCUT2D eigenvalue weighted by atomic mass is 10.2. The van der Waals surface area contributed by atoms with Crippen LogP contribution in [0.15, 0.2) is 45.2 Å². The number of halogens is 3. The number of alkyl halides is 2. The molecule has 1 aromatic heterocycles. The minimum absolute atomic E-state index is 0.565. The summed E-state index contributed by atoms with van der Waals surface area (Å²) in [5.41, 5.74) is 4.99. The molecule has 5 nitrogen and oxygen atoms in total. The SMILES string of the molecule is CSc1ncc(Br)c(NN=Cc2ccc(N(CCCl)CCCl)cc2)n1. The standard InChI is InChI=1S/C16H18BrCl2N5S/c1-25-16-20-11-14(17)15(22-16)23-21-10-12-2-4-13(5-3-12)24(8-6-18)9-7-19/h2-5,10-11H,6-9H2,1H3,(H,20,22,23). The predicted molar refractivity (Wildman–Crippen MR) is 113 cm³/mol. The molecule has 1 heterocycles. The van der Waals surface area contributed by atoms with Gasteiger partial charge in [0.25, 0.3) is 0 Å². The van der Waals surface area contributed by atoms with Crippen molar-refractivity contribution in [2.45, 2.75) is 5.16 Å². The molecule has 1 aromatic carbocycles. The van der Waals surface area contributed by atoms with Crippen molar-refractivity contribution in [2.75, 3.05) is 41.4 Å². The van der Waals surface area contributed by atoms with Crippen LogP contribution in [0.3, 0.4) is 0 Å². The van der Waals surface area contributed by atoms with E-state index >= 15 is 0 Å². The van der Waals surface area contributed by atoms with E-state index in [0.717, 1.165) is 28.8 Å². The van der Waals surface area contributed by atoms with Crippen LogP contribution in [0.4, 0.5) is 11.5 Å². The van der Waals surface area contributed by atoms with Gasteiger partial charge in [0.2, 0.25) is 0 Å². The van der Waals surface area contributed by atoms with E-state index < -0.39 is 0 Å². The molecule has 0 spiro atoms. The van der Waals surface area contributed by atoms with Crippen LogP contribution in [0.25, 0.3) is 0 Å². The maximum atomic E-state index is 5.84. The topological polar surface area (TPSA) is 53.4 Å². The first-order chi connectivity index (χ1) is 12.2. The fourth-order valence-corrected chi connectivity index (χ4v) is 3.07. The molecule has 134 valence electrons. The van der Waals surface area contributed by atoms with Crippen molar-refractivity contribution in [3.63, 3.8) is 0 Å². The number of anilines is 2. The third-order valence-corrected chi connectivity index (χ3v) is 4.74. The van der Waals surface area contributed by atoms with Crippen molar-refractivity contribution in [3.8, 4) is 0 Å². The monoisotopic (exact) mass is 461 g/mol. The van der Waals surface area contributed by atoms with E-state index in [1.54, 1.807) is 12.4 Å². The van der Waals surface area contributed by atoms with E-state index in [0.29, 0.717) is 22.7 Å². The third kappa shape index (κ3) is 6.33. The average Bonchev–Trinajstić information content (AvgIpc) is 2.64. The molecule has 0 unspecified atom stereocenters. The van der Waals surface area contributed by atoms with Gasteiger partial charge >= 0.3 is 0 Å². The average molecular weight is 463 g/mol. The highest BCUT2D eigenvalue weighted by Gasteiger charge is 2.05. The Hall–Kier alpha value is -1.02. The lowest BCUT2D eigenvalue weighted by molar-refractivity contribution is 0.874. The second-order valence-corrected chi connectivity index (χ2v) is 7.26. The summed E-state index contributed by atoms with van der Waals surface area (Å²) in [5, 5.41) is 4.92. The molecule has 0 bridgehead atoms. The number of nitrogens with zero attached hydrogens (tertiary/aromatic N) is 4. The Morgan fingerprint density at radius 2 is 1.92 bits per heavy atom. The zero-order chi connectivity index (χ0) is 18.1. The summed E-state index contributed by atoms with van der Waals surface area (Å²) < 4.78 is 0.760. The zero-order valence-electron chi connectivity index (χ0n) is 13.6. The maximum absolute atomic E-state index is 5.84. The van der Waals surface area contributed by atoms with Gasteiger partial charge in [-0.1, -0.05) is 23.9 Å². The minimum Gasteiger partial charge on any atom is -0.369 e. The fourth-order valence-electron chi connectivity index (χ4n) is 2.04. The van der Waals surface area contributed by atoms with Gasteiger partial charge in [-0.25, -0.2) is 9.97 Å². The van der Waals surface area contributed by atoms with Crippen molar-refractivity contribution in [1.29, 1.82) is 0 Å². The first-order valence-corrected chi connectivity index (χ1v) is 10.6. The molecule has 0 aliphatic heterocycles. The van der Waals surface area contributed by atoms with Crippen molar-refractivity contribution in [3.05, 3.63) is 40.5 Å². The second-order valence-electron chi connectivity index (χ2n) is 4.88. The highest BCUT2D eigenvalue weighted by atomic mass is 79.9. The van der Waals surface area contributed by atoms with Gasteiger partial charge in [-0.3, -0.25) is 5.43 Å². The van der Waals surface area contributed by atoms with E-state index in [2.05, 4.69) is 41.3 Å². The van der Waals surface area contributed by atoms with Crippen molar-refractivity contribution in [2.24, 2.45) is 5.10 Å². The summed E-state index contributed by atoms with van der Waals surface area (Å²) in [4.78, 5) is 10.7. The summed E-state index contributed by atoms with van der Waals surface area (Å²) >= 11 is 16.6. The van der Waals surface area contributed by atoms with Crippen molar-refractivity contribution in [1.82, 2.24) is 9.97 Å². The largest absolute Gasteiger partial charge is 0.369 e. The van der Waals surface area contributed by atoms with E-state index in [1.165, 1.54) is 11.8 Å². The molecule has 25 heavy (non-hydrogen) atoms. The molecular weight excluding hydrogens is 445 g/mol. The molecule has 0 aliphatic carbocycles. The van der Waals surface area contributed by atoms with Crippen molar-refractivity contribution < 1.29 is 0 Å². The number of thioether (sulfide) groups is 1. The fraction of sp³-hybridized carbons (Fsp3) is 0.312. The van der Waals surface area contributed by atoms with Crippen LogP contribution in [0.1, 0.15) is 5.56 Å². The number of aromatic nitrogens is 2. The smallest absolute Gasteiger partial charge is 0.189 e. The van der Waals surface area contributed by atoms with E-state index in [-0.39, 0.29) is 0 Å². The van der Waals surface area contributed by atoms with Crippen LogP contribution in [0, 0.1) is 0 Å². The summed E-state index contributed by atoms with van der Waals surface area (Å²) in [7, 11) is 0. The molecule has 1 N–H and O–H groups in total. The number of hydrogen-bond donors (Lipinski definition) is 1. The Morgan fingerprint density at radius 3 is 2.52 bits per heavy atom. The predicted octanol–water partition coefficient (Wildman–Crippen LogP) is 4.69. The van der Waals surface area contributed by atoms with Crippen LogP contribution in [-0.2, 0) is 0 Å². The molecule has 0 aliphatic rings. The van der Waals surface area contributed by atoms with Gasteiger partial charge in [0.15, 0.2) is 11.0 Å². The molecule has 9 heteroatoms. The van der Waals surface area contributed by atoms with Crippen molar-refractivity contribution >= 4 is 68.6 Å². The molecule has 0 saturated heterocycles. The third-order valence-electron chi connectivity index (χ3n) is 3.26. The molecule has 0 atom stereocenters. The lowest BCUT2D eigenvalue weighted by Crippen LogP contribution is -2.27. The van der Waals surface area contributed by atoms with E-state index in [9.17, 15) is 0 Å². The van der Waals surface area contributed by atoms with Gasteiger partial charge in [0.1, 0.15) is 0 Å². The van der Waals surface area contributed by atoms with Crippen LogP contribution >= 0.6 is 50.9 Å². The first-order valence-electron chi connectivity index (χ1n) is 7.50. The number of rotatable bonds is 9.